The van der Waals surface area contributed by atoms with Crippen LogP contribution in [0.25, 0.3) is 0 Å². The maximum Gasteiger partial charge on any atom is 0.410 e. The van der Waals surface area contributed by atoms with Crippen molar-refractivity contribution in [2.24, 2.45) is 5.41 Å². The van der Waals surface area contributed by atoms with E-state index in [4.69, 9.17) is 0 Å². The van der Waals surface area contributed by atoms with Gasteiger partial charge in [-0.15, -0.1) is 0 Å². The van der Waals surface area contributed by atoms with E-state index in [1.165, 1.54) is 6.20 Å². The van der Waals surface area contributed by atoms with Crippen LogP contribution >= 0.6 is 0 Å². The Morgan fingerprint density at radius 3 is 2.32 bits per heavy atom. The van der Waals surface area contributed by atoms with Gasteiger partial charge >= 0.3 is 6.18 Å². The van der Waals surface area contributed by atoms with E-state index in [1.54, 1.807) is 0 Å². The van der Waals surface area contributed by atoms with Crippen molar-refractivity contribution in [3.63, 3.8) is 0 Å². The normalized spacial score (nSPS) is 19.5. The van der Waals surface area contributed by atoms with E-state index in [2.05, 4.69) is 36.5 Å². The van der Waals surface area contributed by atoms with Gasteiger partial charge in [0.1, 0.15) is 11.4 Å². The lowest BCUT2D eigenvalue weighted by Crippen LogP contribution is -2.46. The van der Waals surface area contributed by atoms with Gasteiger partial charge in [-0.1, -0.05) is 50.6 Å². The maximum atomic E-state index is 13.9. The number of anilines is 1. The summed E-state index contributed by atoms with van der Waals surface area (Å²) in [5.41, 5.74) is 1.34. The highest BCUT2D eigenvalue weighted by Crippen LogP contribution is 2.44. The van der Waals surface area contributed by atoms with E-state index in [1.807, 2.05) is 45.0 Å². The van der Waals surface area contributed by atoms with Crippen LogP contribution in [0.4, 0.5) is 19.0 Å². The minimum absolute atomic E-state index is 0.0224. The average Bonchev–Trinajstić information content (AvgIpc) is 3.02. The summed E-state index contributed by atoms with van der Waals surface area (Å²) < 4.78 is 42.5. The molecule has 0 saturated carbocycles. The monoisotopic (exact) mass is 436 g/mol. The van der Waals surface area contributed by atoms with Crippen LogP contribution in [0.3, 0.4) is 0 Å². The number of hydrogen-bond acceptors (Lipinski definition) is 3. The summed E-state index contributed by atoms with van der Waals surface area (Å²) in [6.45, 7) is 12.0. The molecule has 0 spiro atoms. The molecule has 8 heteroatoms. The average molecular weight is 437 g/mol. The Hall–Kier alpha value is -2.51. The number of nitrogens with one attached hydrogen (secondary N) is 2. The second-order valence-electron chi connectivity index (χ2n) is 10.3. The van der Waals surface area contributed by atoms with Gasteiger partial charge in [0.25, 0.3) is 5.91 Å². The van der Waals surface area contributed by atoms with Gasteiger partial charge in [-0.2, -0.15) is 18.3 Å². The molecule has 1 amide bonds. The number of hydrogen-bond donors (Lipinski definition) is 2. The third kappa shape index (κ3) is 5.40. The quantitative estimate of drug-likeness (QED) is 0.637. The highest BCUT2D eigenvalue weighted by Gasteiger charge is 2.47. The molecule has 0 saturated heterocycles. The molecule has 1 aliphatic heterocycles. The minimum atomic E-state index is -4.48. The Morgan fingerprint density at radius 1 is 1.16 bits per heavy atom. The molecule has 0 fully saturated rings. The number of aromatic nitrogens is 2. The molecule has 31 heavy (non-hydrogen) atoms. The predicted molar refractivity (Wildman–Crippen MR) is 115 cm³/mol. The number of carbonyl (C=O) groups excluding carboxylic acids is 1. The molecule has 0 unspecified atom stereocenters. The summed E-state index contributed by atoms with van der Waals surface area (Å²) in [5, 5.41) is 10.1. The summed E-state index contributed by atoms with van der Waals surface area (Å²) in [6, 6.07) is 4.99. The van der Waals surface area contributed by atoms with Crippen LogP contribution in [0.2, 0.25) is 0 Å². The van der Waals surface area contributed by atoms with Crippen molar-refractivity contribution in [1.82, 2.24) is 15.1 Å². The van der Waals surface area contributed by atoms with Crippen molar-refractivity contribution >= 4 is 11.7 Å². The highest BCUT2D eigenvalue weighted by molar-refractivity contribution is 5.99. The minimum Gasteiger partial charge on any atom is -0.363 e. The molecule has 1 aromatic carbocycles. The van der Waals surface area contributed by atoms with Gasteiger partial charge < -0.3 is 10.6 Å². The van der Waals surface area contributed by atoms with Gasteiger partial charge in [0.15, 0.2) is 6.04 Å². The number of aryl methyl sites for hydroxylation is 1. The molecule has 3 rings (SSSR count). The Bertz CT molecular complexity index is 939. The van der Waals surface area contributed by atoms with Crippen LogP contribution in [0.15, 0.2) is 30.5 Å². The van der Waals surface area contributed by atoms with Gasteiger partial charge in [-0.3, -0.25) is 4.79 Å². The first-order valence-electron chi connectivity index (χ1n) is 10.5. The summed E-state index contributed by atoms with van der Waals surface area (Å²) in [7, 11) is 0. The Kier molecular flexibility index (Phi) is 5.88. The number of alkyl halides is 3. The number of amides is 1. The number of carbonyl (C=O) groups is 1. The second kappa shape index (κ2) is 7.88. The van der Waals surface area contributed by atoms with Gasteiger partial charge in [-0.25, -0.2) is 4.68 Å². The number of fused-ring (bicyclic) bond motifs is 1. The lowest BCUT2D eigenvalue weighted by molar-refractivity contribution is -0.173. The summed E-state index contributed by atoms with van der Waals surface area (Å²) in [5.74, 6) is -0.336. The third-order valence-corrected chi connectivity index (χ3v) is 5.39. The van der Waals surface area contributed by atoms with Crippen LogP contribution in [0.1, 0.15) is 81.0 Å². The number of halogens is 3. The van der Waals surface area contributed by atoms with Gasteiger partial charge in [-0.05, 0) is 38.2 Å². The van der Waals surface area contributed by atoms with Crippen molar-refractivity contribution in [2.45, 2.75) is 78.2 Å². The standard InChI is InChI=1S/C23H31F3N4O/c1-14-7-9-15(10-8-14)17-11-18(23(24,25)26)30-19(28-17)16(12-27-30)20(31)29-22(5,6)13-21(2,3)4/h7-10,12,17-18,28H,11,13H2,1-6H3,(H,29,31)/t17-,18+/m1/s1. The number of benzene rings is 1. The molecule has 0 aliphatic carbocycles. The first-order valence-corrected chi connectivity index (χ1v) is 10.5. The lowest BCUT2D eigenvalue weighted by atomic mass is 9.81. The SMILES string of the molecule is Cc1ccc([C@H]2C[C@@H](C(F)(F)F)n3ncc(C(=O)NC(C)(C)CC(C)(C)C)c3N2)cc1. The van der Waals surface area contributed by atoms with E-state index < -0.39 is 29.7 Å². The van der Waals surface area contributed by atoms with E-state index in [-0.39, 0.29) is 23.2 Å². The summed E-state index contributed by atoms with van der Waals surface area (Å²) in [4.78, 5) is 13.0. The van der Waals surface area contributed by atoms with E-state index in [0.717, 1.165) is 15.8 Å². The molecule has 2 atom stereocenters. The fourth-order valence-corrected chi connectivity index (χ4v) is 4.49. The fourth-order valence-electron chi connectivity index (χ4n) is 4.49. The third-order valence-electron chi connectivity index (χ3n) is 5.39. The van der Waals surface area contributed by atoms with E-state index in [9.17, 15) is 18.0 Å². The molecule has 2 N–H and O–H groups in total. The molecule has 170 valence electrons. The molecular formula is C23H31F3N4O. The second-order valence-corrected chi connectivity index (χ2v) is 10.3. The zero-order chi connectivity index (χ0) is 23.2. The van der Waals surface area contributed by atoms with E-state index in [0.29, 0.717) is 6.42 Å². The molecule has 1 aromatic heterocycles. The van der Waals surface area contributed by atoms with Crippen LogP contribution < -0.4 is 10.6 Å². The van der Waals surface area contributed by atoms with Crippen LogP contribution in [0.5, 0.6) is 0 Å². The van der Waals surface area contributed by atoms with Crippen LogP contribution in [-0.4, -0.2) is 27.4 Å². The topological polar surface area (TPSA) is 59.0 Å². The number of rotatable bonds is 4. The molecular weight excluding hydrogens is 405 g/mol. The van der Waals surface area contributed by atoms with Crippen LogP contribution in [-0.2, 0) is 0 Å². The van der Waals surface area contributed by atoms with Crippen molar-refractivity contribution < 1.29 is 18.0 Å². The van der Waals surface area contributed by atoms with Gasteiger partial charge in [0.05, 0.1) is 12.2 Å². The maximum absolute atomic E-state index is 13.9. The molecule has 0 radical (unpaired) electrons. The summed E-state index contributed by atoms with van der Waals surface area (Å²) >= 11 is 0. The van der Waals surface area contributed by atoms with Gasteiger partial charge in [0.2, 0.25) is 0 Å². The molecule has 5 nitrogen and oxygen atoms in total. The largest absolute Gasteiger partial charge is 0.410 e. The smallest absolute Gasteiger partial charge is 0.363 e. The first kappa shape index (κ1) is 23.2. The zero-order valence-corrected chi connectivity index (χ0v) is 18.9. The van der Waals surface area contributed by atoms with Crippen molar-refractivity contribution in [2.75, 3.05) is 5.32 Å². The van der Waals surface area contributed by atoms with Crippen molar-refractivity contribution in [3.05, 3.63) is 47.2 Å². The Morgan fingerprint density at radius 2 is 1.77 bits per heavy atom. The van der Waals surface area contributed by atoms with E-state index >= 15 is 0 Å². The highest BCUT2D eigenvalue weighted by atomic mass is 19.4. The molecule has 1 aliphatic rings. The van der Waals surface area contributed by atoms with Crippen molar-refractivity contribution in [3.8, 4) is 0 Å². The summed E-state index contributed by atoms with van der Waals surface area (Å²) in [6.07, 6.45) is -2.75. The lowest BCUT2D eigenvalue weighted by Gasteiger charge is -2.35. The fraction of sp³-hybridized carbons (Fsp3) is 0.565. The Labute approximate surface area is 181 Å². The molecule has 2 heterocycles. The number of nitrogens with zero attached hydrogens (tertiary/aromatic N) is 2. The molecule has 2 aromatic rings. The van der Waals surface area contributed by atoms with Crippen LogP contribution in [0, 0.1) is 12.3 Å². The van der Waals surface area contributed by atoms with Crippen molar-refractivity contribution in [1.29, 1.82) is 0 Å². The Balaban J connectivity index is 1.94. The van der Waals surface area contributed by atoms with Gasteiger partial charge in [0, 0.05) is 12.0 Å². The zero-order valence-electron chi connectivity index (χ0n) is 18.9. The first-order chi connectivity index (χ1) is 14.2. The molecule has 0 bridgehead atoms. The predicted octanol–water partition coefficient (Wildman–Crippen LogP) is 5.80.